The monoisotopic (exact) mass is 407 g/mol. The molecule has 1 aromatic heterocycles. The van der Waals surface area contributed by atoms with Crippen LogP contribution >= 0.6 is 12.2 Å². The van der Waals surface area contributed by atoms with Gasteiger partial charge in [0.05, 0.1) is 12.8 Å². The van der Waals surface area contributed by atoms with Gasteiger partial charge in [-0.3, -0.25) is 0 Å². The van der Waals surface area contributed by atoms with E-state index in [1.165, 1.54) is 22.2 Å². The number of nitrogens with one attached hydrogen (secondary N) is 3. The fourth-order valence-electron chi connectivity index (χ4n) is 4.81. The quantitative estimate of drug-likeness (QED) is 0.466. The summed E-state index contributed by atoms with van der Waals surface area (Å²) >= 11 is 5.48. The summed E-state index contributed by atoms with van der Waals surface area (Å²) in [6.45, 7) is 7.82. The second-order valence-corrected chi connectivity index (χ2v) is 8.89. The van der Waals surface area contributed by atoms with Gasteiger partial charge in [-0.05, 0) is 66.6 Å². The number of methoxy groups -OCH3 is 1. The van der Waals surface area contributed by atoms with Crippen molar-refractivity contribution in [2.75, 3.05) is 19.0 Å². The van der Waals surface area contributed by atoms with Crippen molar-refractivity contribution < 1.29 is 4.74 Å². The number of hydrogen-bond acceptors (Lipinski definition) is 2. The van der Waals surface area contributed by atoms with Gasteiger partial charge in [0.25, 0.3) is 0 Å². The molecule has 4 nitrogen and oxygen atoms in total. The summed E-state index contributed by atoms with van der Waals surface area (Å²) in [5.41, 5.74) is 5.21. The lowest BCUT2D eigenvalue weighted by molar-refractivity contribution is 0.417. The molecule has 1 fully saturated rings. The highest BCUT2D eigenvalue weighted by molar-refractivity contribution is 7.80. The number of aromatic nitrogens is 1. The Bertz CT molecular complexity index is 1040. The Hall–Kier alpha value is -2.53. The molecule has 2 atom stereocenters. The maximum absolute atomic E-state index is 5.48. The van der Waals surface area contributed by atoms with Crippen molar-refractivity contribution in [3.8, 4) is 5.75 Å². The van der Waals surface area contributed by atoms with Crippen LogP contribution in [-0.4, -0.2) is 23.8 Å². The number of aromatic amines is 1. The highest BCUT2D eigenvalue weighted by atomic mass is 32.1. The van der Waals surface area contributed by atoms with Crippen LogP contribution in [0, 0.1) is 18.3 Å². The van der Waals surface area contributed by atoms with Crippen molar-refractivity contribution in [3.05, 3.63) is 59.8 Å². The number of hydrogen-bond donors (Lipinski definition) is 3. The smallest absolute Gasteiger partial charge is 0.170 e. The number of thiocarbonyl (C=S) groups is 1. The van der Waals surface area contributed by atoms with E-state index >= 15 is 0 Å². The summed E-state index contributed by atoms with van der Waals surface area (Å²) in [6, 6.07) is 16.4. The van der Waals surface area contributed by atoms with E-state index in [1.807, 2.05) is 24.3 Å². The van der Waals surface area contributed by atoms with Crippen LogP contribution in [0.3, 0.4) is 0 Å². The third kappa shape index (κ3) is 3.71. The number of anilines is 1. The lowest BCUT2D eigenvalue weighted by atomic mass is 10.0. The van der Waals surface area contributed by atoms with Crippen molar-refractivity contribution in [3.63, 3.8) is 0 Å². The van der Waals surface area contributed by atoms with Gasteiger partial charge in [-0.1, -0.05) is 44.2 Å². The largest absolute Gasteiger partial charge is 0.495 e. The van der Waals surface area contributed by atoms with Gasteiger partial charge in [-0.25, -0.2) is 0 Å². The van der Waals surface area contributed by atoms with Crippen LogP contribution in [0.2, 0.25) is 0 Å². The summed E-state index contributed by atoms with van der Waals surface area (Å²) in [4.78, 5) is 3.56. The number of fused-ring (bicyclic) bond motifs is 1. The van der Waals surface area contributed by atoms with Gasteiger partial charge >= 0.3 is 0 Å². The van der Waals surface area contributed by atoms with Crippen LogP contribution in [0.4, 0.5) is 5.69 Å². The Morgan fingerprint density at radius 3 is 2.66 bits per heavy atom. The van der Waals surface area contributed by atoms with E-state index in [-0.39, 0.29) is 0 Å². The molecule has 0 amide bonds. The number of rotatable bonds is 6. The number of H-pyrrole nitrogens is 1. The molecule has 29 heavy (non-hydrogen) atoms. The third-order valence-electron chi connectivity index (χ3n) is 6.40. The summed E-state index contributed by atoms with van der Waals surface area (Å²) in [7, 11) is 1.67. The van der Waals surface area contributed by atoms with Gasteiger partial charge in [-0.2, -0.15) is 0 Å². The molecule has 0 aliphatic heterocycles. The molecular formula is C24H29N3OS. The van der Waals surface area contributed by atoms with Gasteiger partial charge in [0.1, 0.15) is 5.75 Å². The topological polar surface area (TPSA) is 49.1 Å². The van der Waals surface area contributed by atoms with Gasteiger partial charge in [0.15, 0.2) is 5.11 Å². The molecule has 4 rings (SSSR count). The summed E-state index contributed by atoms with van der Waals surface area (Å²) in [5, 5.41) is 8.60. The molecule has 0 unspecified atom stereocenters. The molecular weight excluding hydrogens is 378 g/mol. The van der Waals surface area contributed by atoms with E-state index in [9.17, 15) is 0 Å². The minimum Gasteiger partial charge on any atom is -0.495 e. The van der Waals surface area contributed by atoms with Crippen molar-refractivity contribution >= 4 is 33.9 Å². The highest BCUT2D eigenvalue weighted by Crippen LogP contribution is 2.67. The number of benzene rings is 2. The first-order chi connectivity index (χ1) is 13.9. The van der Waals surface area contributed by atoms with Crippen molar-refractivity contribution in [2.24, 2.45) is 11.3 Å². The van der Waals surface area contributed by atoms with E-state index in [0.717, 1.165) is 24.4 Å². The van der Waals surface area contributed by atoms with Crippen molar-refractivity contribution in [1.29, 1.82) is 0 Å². The second-order valence-electron chi connectivity index (χ2n) is 8.48. The van der Waals surface area contributed by atoms with Crippen LogP contribution in [0.25, 0.3) is 10.9 Å². The summed E-state index contributed by atoms with van der Waals surface area (Å²) < 4.78 is 5.38. The molecule has 0 saturated heterocycles. The normalized spacial score (nSPS) is 19.7. The van der Waals surface area contributed by atoms with Gasteiger partial charge in [0.2, 0.25) is 0 Å². The molecule has 1 saturated carbocycles. The molecule has 1 aliphatic rings. The average Bonchev–Trinajstić information content (AvgIpc) is 3.06. The van der Waals surface area contributed by atoms with Crippen LogP contribution < -0.4 is 15.4 Å². The minimum atomic E-state index is 0.301. The standard InChI is InChI=1S/C24H29N3OS/c1-15-21(16-9-5-6-10-18(16)26-15)22-17(24(22,2)3)13-14-25-23(29)27-19-11-7-8-12-20(19)28-4/h5-12,17,22,26H,13-14H2,1-4H3,(H2,25,27,29)/t17-,22+/m0/s1. The van der Waals surface area contributed by atoms with Gasteiger partial charge < -0.3 is 20.4 Å². The number of aryl methyl sites for hydroxylation is 1. The van der Waals surface area contributed by atoms with Crippen molar-refractivity contribution in [1.82, 2.24) is 10.3 Å². The second kappa shape index (κ2) is 7.71. The van der Waals surface area contributed by atoms with E-state index in [2.05, 4.69) is 60.7 Å². The summed E-state index contributed by atoms with van der Waals surface area (Å²) in [6.07, 6.45) is 1.09. The molecule has 0 spiro atoms. The van der Waals surface area contributed by atoms with E-state index in [4.69, 9.17) is 17.0 Å². The predicted molar refractivity (Wildman–Crippen MR) is 125 cm³/mol. The zero-order chi connectivity index (χ0) is 20.6. The Morgan fingerprint density at radius 1 is 1.14 bits per heavy atom. The van der Waals surface area contributed by atoms with Crippen LogP contribution in [0.15, 0.2) is 48.5 Å². The predicted octanol–water partition coefficient (Wildman–Crippen LogP) is 5.60. The number of ether oxygens (including phenoxy) is 1. The first kappa shape index (κ1) is 19.8. The van der Waals surface area contributed by atoms with Crippen molar-refractivity contribution in [2.45, 2.75) is 33.1 Å². The fourth-order valence-corrected chi connectivity index (χ4v) is 5.02. The van der Waals surface area contributed by atoms with Crippen LogP contribution in [0.1, 0.15) is 37.4 Å². The first-order valence-electron chi connectivity index (χ1n) is 10.2. The minimum absolute atomic E-state index is 0.301. The Morgan fingerprint density at radius 2 is 1.86 bits per heavy atom. The van der Waals surface area contributed by atoms with Gasteiger partial charge in [-0.15, -0.1) is 0 Å². The molecule has 5 heteroatoms. The molecule has 3 aromatic rings. The fraction of sp³-hybridized carbons (Fsp3) is 0.375. The maximum atomic E-state index is 5.48. The third-order valence-corrected chi connectivity index (χ3v) is 6.65. The molecule has 0 radical (unpaired) electrons. The maximum Gasteiger partial charge on any atom is 0.170 e. The molecule has 1 aliphatic carbocycles. The Kier molecular flexibility index (Phi) is 5.26. The zero-order valence-corrected chi connectivity index (χ0v) is 18.3. The highest BCUT2D eigenvalue weighted by Gasteiger charge is 2.58. The SMILES string of the molecule is COc1ccccc1NC(=S)NCC[C@H]1[C@H](c2c(C)[nH]c3ccccc23)C1(C)C. The van der Waals surface area contributed by atoms with E-state index in [1.54, 1.807) is 7.11 Å². The Balaban J connectivity index is 1.38. The zero-order valence-electron chi connectivity index (χ0n) is 17.5. The van der Waals surface area contributed by atoms with E-state index < -0.39 is 0 Å². The molecule has 3 N–H and O–H groups in total. The summed E-state index contributed by atoms with van der Waals surface area (Å²) in [5.74, 6) is 2.01. The first-order valence-corrected chi connectivity index (χ1v) is 10.6. The Labute approximate surface area is 178 Å². The molecule has 2 aromatic carbocycles. The van der Waals surface area contributed by atoms with E-state index in [0.29, 0.717) is 22.4 Å². The number of para-hydroxylation sites is 3. The lowest BCUT2D eigenvalue weighted by Gasteiger charge is -2.13. The molecule has 0 bridgehead atoms. The van der Waals surface area contributed by atoms with Gasteiger partial charge in [0, 0.05) is 23.1 Å². The lowest BCUT2D eigenvalue weighted by Crippen LogP contribution is -2.29. The molecule has 1 heterocycles. The average molecular weight is 408 g/mol. The van der Waals surface area contributed by atoms with Crippen LogP contribution in [-0.2, 0) is 0 Å². The van der Waals surface area contributed by atoms with Crippen LogP contribution in [0.5, 0.6) is 5.75 Å². The molecule has 152 valence electrons.